The molecule has 1 spiro atoms. The van der Waals surface area contributed by atoms with Crippen molar-refractivity contribution in [1.29, 1.82) is 0 Å². The summed E-state index contributed by atoms with van der Waals surface area (Å²) in [5, 5.41) is 2.83. The van der Waals surface area contributed by atoms with E-state index < -0.39 is 11.6 Å². The molecule has 1 aromatic heterocycles. The van der Waals surface area contributed by atoms with E-state index in [2.05, 4.69) is 28.2 Å². The topological polar surface area (TPSA) is 66.5 Å². The van der Waals surface area contributed by atoms with Gasteiger partial charge >= 0.3 is 6.03 Å². The molecule has 1 aliphatic heterocycles. The number of carbonyl (C=O) groups is 3. The van der Waals surface area contributed by atoms with Gasteiger partial charge in [0.25, 0.3) is 5.91 Å². The number of imide groups is 1. The maximum atomic E-state index is 12.7. The zero-order valence-corrected chi connectivity index (χ0v) is 14.6. The Morgan fingerprint density at radius 1 is 1.41 bits per heavy atom. The average Bonchev–Trinajstić information content (AvgIpc) is 3.00. The van der Waals surface area contributed by atoms with Crippen LogP contribution in [0.2, 0.25) is 0 Å². The Bertz CT molecular complexity index is 634. The lowest BCUT2D eigenvalue weighted by molar-refractivity contribution is -0.132. The standard InChI is InChI=1S/C15H17BrN2O3S/c1-9-4-6-15(7-5-9)13(20)18(14(21)17-15)8-10(19)11-2-3-12(16)22-11/h2-3,9H,4-8H2,1H3,(H,17,21). The van der Waals surface area contributed by atoms with Crippen molar-refractivity contribution in [2.45, 2.75) is 38.1 Å². The summed E-state index contributed by atoms with van der Waals surface area (Å²) >= 11 is 4.61. The Morgan fingerprint density at radius 2 is 2.09 bits per heavy atom. The highest BCUT2D eigenvalue weighted by Gasteiger charge is 2.52. The predicted octanol–water partition coefficient (Wildman–Crippen LogP) is 3.19. The summed E-state index contributed by atoms with van der Waals surface area (Å²) in [7, 11) is 0. The minimum Gasteiger partial charge on any atom is -0.323 e. The van der Waals surface area contributed by atoms with Crippen molar-refractivity contribution < 1.29 is 14.4 Å². The first-order valence-electron chi connectivity index (χ1n) is 7.34. The fraction of sp³-hybridized carbons (Fsp3) is 0.533. The third-order valence-corrected chi connectivity index (χ3v) is 6.19. The Hall–Kier alpha value is -1.21. The molecule has 0 bridgehead atoms. The van der Waals surface area contributed by atoms with Crippen LogP contribution in [0.1, 0.15) is 42.3 Å². The molecule has 2 heterocycles. The largest absolute Gasteiger partial charge is 0.325 e. The number of thiophene rings is 1. The molecule has 7 heteroatoms. The van der Waals surface area contributed by atoms with Gasteiger partial charge in [0.2, 0.25) is 0 Å². The molecule has 5 nitrogen and oxygen atoms in total. The van der Waals surface area contributed by atoms with Gasteiger partial charge in [0.15, 0.2) is 5.78 Å². The quantitative estimate of drug-likeness (QED) is 0.642. The van der Waals surface area contributed by atoms with Gasteiger partial charge in [-0.1, -0.05) is 6.92 Å². The van der Waals surface area contributed by atoms with E-state index >= 15 is 0 Å². The van der Waals surface area contributed by atoms with Crippen molar-refractivity contribution in [2.75, 3.05) is 6.54 Å². The van der Waals surface area contributed by atoms with Crippen LogP contribution < -0.4 is 5.32 Å². The molecule has 0 unspecified atom stereocenters. The van der Waals surface area contributed by atoms with Crippen molar-refractivity contribution >= 4 is 45.0 Å². The number of urea groups is 1. The summed E-state index contributed by atoms with van der Waals surface area (Å²) in [6.45, 7) is 1.97. The van der Waals surface area contributed by atoms with Gasteiger partial charge in [0, 0.05) is 0 Å². The number of nitrogens with one attached hydrogen (secondary N) is 1. The zero-order chi connectivity index (χ0) is 15.9. The average molecular weight is 385 g/mol. The number of carbonyl (C=O) groups excluding carboxylic acids is 3. The van der Waals surface area contributed by atoms with Crippen LogP contribution in [-0.4, -0.2) is 34.7 Å². The van der Waals surface area contributed by atoms with Gasteiger partial charge in [0.1, 0.15) is 5.54 Å². The highest BCUT2D eigenvalue weighted by molar-refractivity contribution is 9.11. The molecule has 1 saturated carbocycles. The molecule has 118 valence electrons. The molecular weight excluding hydrogens is 368 g/mol. The third-order valence-electron chi connectivity index (χ3n) is 4.52. The van der Waals surface area contributed by atoms with E-state index in [-0.39, 0.29) is 18.2 Å². The summed E-state index contributed by atoms with van der Waals surface area (Å²) < 4.78 is 0.853. The lowest BCUT2D eigenvalue weighted by Crippen LogP contribution is -2.49. The van der Waals surface area contributed by atoms with E-state index in [0.717, 1.165) is 21.5 Å². The van der Waals surface area contributed by atoms with E-state index in [1.54, 1.807) is 12.1 Å². The van der Waals surface area contributed by atoms with Crippen LogP contribution in [-0.2, 0) is 4.79 Å². The molecule has 0 aromatic carbocycles. The molecular formula is C15H17BrN2O3S. The van der Waals surface area contributed by atoms with Gasteiger partial charge < -0.3 is 5.32 Å². The second-order valence-electron chi connectivity index (χ2n) is 6.11. The number of hydrogen-bond donors (Lipinski definition) is 1. The summed E-state index contributed by atoms with van der Waals surface area (Å²) in [4.78, 5) is 38.7. The van der Waals surface area contributed by atoms with E-state index in [1.807, 2.05) is 0 Å². The monoisotopic (exact) mass is 384 g/mol. The second kappa shape index (κ2) is 5.77. The van der Waals surface area contributed by atoms with E-state index in [1.165, 1.54) is 11.3 Å². The first-order chi connectivity index (χ1) is 10.4. The molecule has 1 aromatic rings. The molecule has 3 amide bonds. The fourth-order valence-corrected chi connectivity index (χ4v) is 4.42. The maximum absolute atomic E-state index is 12.7. The minimum absolute atomic E-state index is 0.186. The molecule has 2 aliphatic rings. The Labute approximate surface area is 141 Å². The van der Waals surface area contributed by atoms with Crippen molar-refractivity contribution in [3.05, 3.63) is 20.8 Å². The van der Waals surface area contributed by atoms with Crippen LogP contribution in [0.3, 0.4) is 0 Å². The van der Waals surface area contributed by atoms with E-state index in [0.29, 0.717) is 23.6 Å². The summed E-state index contributed by atoms with van der Waals surface area (Å²) in [6.07, 6.45) is 3.17. The minimum atomic E-state index is -0.778. The number of halogens is 1. The normalized spacial score (nSPS) is 28.3. The van der Waals surface area contributed by atoms with Gasteiger partial charge in [-0.3, -0.25) is 14.5 Å². The van der Waals surface area contributed by atoms with Crippen LogP contribution in [0.25, 0.3) is 0 Å². The van der Waals surface area contributed by atoms with Crippen LogP contribution in [0.5, 0.6) is 0 Å². The number of ketones is 1. The van der Waals surface area contributed by atoms with Gasteiger partial charge in [-0.15, -0.1) is 11.3 Å². The molecule has 22 heavy (non-hydrogen) atoms. The first-order valence-corrected chi connectivity index (χ1v) is 8.95. The molecule has 3 rings (SSSR count). The number of Topliss-reactive ketones (excluding diaryl/α,β-unsaturated/α-hetero) is 1. The van der Waals surface area contributed by atoms with Crippen molar-refractivity contribution in [3.63, 3.8) is 0 Å². The van der Waals surface area contributed by atoms with Crippen LogP contribution in [0.4, 0.5) is 4.79 Å². The summed E-state index contributed by atoms with van der Waals surface area (Å²) in [5.74, 6) is 0.128. The van der Waals surface area contributed by atoms with Crippen molar-refractivity contribution in [3.8, 4) is 0 Å². The smallest absolute Gasteiger partial charge is 0.323 e. The van der Waals surface area contributed by atoms with Gasteiger partial charge in [-0.25, -0.2) is 4.79 Å². The molecule has 0 radical (unpaired) electrons. The number of rotatable bonds is 3. The number of hydrogen-bond acceptors (Lipinski definition) is 4. The summed E-state index contributed by atoms with van der Waals surface area (Å²) in [5.41, 5.74) is -0.778. The second-order valence-corrected chi connectivity index (χ2v) is 8.58. The number of amides is 3. The maximum Gasteiger partial charge on any atom is 0.325 e. The van der Waals surface area contributed by atoms with Gasteiger partial charge in [0.05, 0.1) is 15.2 Å². The fourth-order valence-electron chi connectivity index (χ4n) is 3.10. The van der Waals surface area contributed by atoms with E-state index in [9.17, 15) is 14.4 Å². The Morgan fingerprint density at radius 3 is 2.68 bits per heavy atom. The highest BCUT2D eigenvalue weighted by atomic mass is 79.9. The van der Waals surface area contributed by atoms with Crippen molar-refractivity contribution in [1.82, 2.24) is 10.2 Å². The summed E-state index contributed by atoms with van der Waals surface area (Å²) in [6, 6.07) is 3.05. The van der Waals surface area contributed by atoms with Crippen molar-refractivity contribution in [2.24, 2.45) is 5.92 Å². The number of nitrogens with zero attached hydrogens (tertiary/aromatic N) is 1. The van der Waals surface area contributed by atoms with Crippen LogP contribution in [0.15, 0.2) is 15.9 Å². The first kappa shape index (κ1) is 15.7. The molecule has 2 fully saturated rings. The predicted molar refractivity (Wildman–Crippen MR) is 87.0 cm³/mol. The van der Waals surface area contributed by atoms with Gasteiger partial charge in [-0.2, -0.15) is 0 Å². The molecule has 1 saturated heterocycles. The van der Waals surface area contributed by atoms with E-state index in [4.69, 9.17) is 0 Å². The SMILES string of the molecule is CC1CCC2(CC1)NC(=O)N(CC(=O)c1ccc(Br)s1)C2=O. The zero-order valence-electron chi connectivity index (χ0n) is 12.2. The Kier molecular flexibility index (Phi) is 4.11. The van der Waals surface area contributed by atoms with Gasteiger partial charge in [-0.05, 0) is 59.7 Å². The lowest BCUT2D eigenvalue weighted by Gasteiger charge is -2.33. The van der Waals surface area contributed by atoms with Crippen LogP contribution in [0, 0.1) is 5.92 Å². The molecule has 1 N–H and O–H groups in total. The highest BCUT2D eigenvalue weighted by Crippen LogP contribution is 2.36. The Balaban J connectivity index is 1.73. The lowest BCUT2D eigenvalue weighted by atomic mass is 9.77. The van der Waals surface area contributed by atoms with Crippen LogP contribution >= 0.6 is 27.3 Å². The molecule has 0 atom stereocenters. The third kappa shape index (κ3) is 2.72. The molecule has 1 aliphatic carbocycles.